The predicted octanol–water partition coefficient (Wildman–Crippen LogP) is 3.65. The monoisotopic (exact) mass is 325 g/mol. The van der Waals surface area contributed by atoms with Gasteiger partial charge in [-0.3, -0.25) is 0 Å². The van der Waals surface area contributed by atoms with Gasteiger partial charge in [-0.05, 0) is 38.0 Å². The van der Waals surface area contributed by atoms with Crippen LogP contribution in [0.15, 0.2) is 24.4 Å². The summed E-state index contributed by atoms with van der Waals surface area (Å²) in [6.45, 7) is 4.74. The molecule has 1 aromatic heterocycles. The molecule has 0 amide bonds. The van der Waals surface area contributed by atoms with E-state index < -0.39 is 0 Å². The molecule has 5 nitrogen and oxygen atoms in total. The second kappa shape index (κ2) is 7.43. The van der Waals surface area contributed by atoms with Crippen molar-refractivity contribution in [1.82, 2.24) is 15.2 Å². The molecule has 0 atom stereocenters. The van der Waals surface area contributed by atoms with Crippen molar-refractivity contribution in [3.05, 3.63) is 40.0 Å². The summed E-state index contributed by atoms with van der Waals surface area (Å²) < 4.78 is 0. The number of halogens is 2. The Bertz CT molecular complexity index is 604. The van der Waals surface area contributed by atoms with Gasteiger partial charge in [0.05, 0.1) is 6.20 Å². The molecule has 0 aliphatic heterocycles. The summed E-state index contributed by atoms with van der Waals surface area (Å²) in [5, 5.41) is 15.5. The number of nitrogens with zero attached hydrogens (tertiary/aromatic N) is 3. The third-order valence-electron chi connectivity index (χ3n) is 2.69. The van der Waals surface area contributed by atoms with Gasteiger partial charge < -0.3 is 10.6 Å². The summed E-state index contributed by atoms with van der Waals surface area (Å²) in [4.78, 5) is 4.33. The normalized spacial score (nSPS) is 10.7. The van der Waals surface area contributed by atoms with Gasteiger partial charge in [0.15, 0.2) is 5.82 Å². The average Bonchev–Trinajstić information content (AvgIpc) is 2.41. The van der Waals surface area contributed by atoms with Crippen LogP contribution in [0.4, 0.5) is 11.8 Å². The molecule has 1 heterocycles. The molecule has 2 rings (SSSR count). The third kappa shape index (κ3) is 5.02. The Morgan fingerprint density at radius 1 is 1.24 bits per heavy atom. The van der Waals surface area contributed by atoms with Crippen LogP contribution in [0.1, 0.15) is 19.4 Å². The fourth-order valence-corrected chi connectivity index (χ4v) is 2.26. The first-order valence-electron chi connectivity index (χ1n) is 6.68. The van der Waals surface area contributed by atoms with Crippen molar-refractivity contribution in [3.8, 4) is 0 Å². The molecule has 0 aliphatic carbocycles. The minimum atomic E-state index is 0.259. The highest BCUT2D eigenvalue weighted by Crippen LogP contribution is 2.21. The quantitative estimate of drug-likeness (QED) is 0.848. The molecule has 0 radical (unpaired) electrons. The molecular weight excluding hydrogens is 309 g/mol. The molecule has 0 fully saturated rings. The predicted molar refractivity (Wildman–Crippen MR) is 87.2 cm³/mol. The fraction of sp³-hybridized carbons (Fsp3) is 0.357. The van der Waals surface area contributed by atoms with E-state index in [2.05, 4.69) is 25.8 Å². The zero-order valence-corrected chi connectivity index (χ0v) is 13.4. The van der Waals surface area contributed by atoms with E-state index >= 15 is 0 Å². The van der Waals surface area contributed by atoms with Gasteiger partial charge in [0, 0.05) is 22.6 Å². The first-order chi connectivity index (χ1) is 10.0. The van der Waals surface area contributed by atoms with Crippen LogP contribution in [-0.4, -0.2) is 27.8 Å². The molecular formula is C14H17Cl2N5. The molecule has 0 aliphatic rings. The summed E-state index contributed by atoms with van der Waals surface area (Å²) in [5.74, 6) is 1.19. The number of nitrogens with one attached hydrogen (secondary N) is 2. The fourth-order valence-electron chi connectivity index (χ4n) is 1.76. The van der Waals surface area contributed by atoms with Crippen molar-refractivity contribution >= 4 is 35.0 Å². The minimum Gasteiger partial charge on any atom is -0.368 e. The Kier molecular flexibility index (Phi) is 5.59. The standard InChI is InChI=1S/C14H17Cl2N5/c1-9(2)19-14-20-13(8-18-21-14)17-6-5-10-3-4-11(15)7-12(10)16/h3-4,7-9H,5-6H2,1-2H3,(H2,17,19,20,21). The molecule has 0 saturated heterocycles. The zero-order chi connectivity index (χ0) is 15.2. The topological polar surface area (TPSA) is 62.7 Å². The highest BCUT2D eigenvalue weighted by Gasteiger charge is 2.04. The van der Waals surface area contributed by atoms with Gasteiger partial charge in [0.25, 0.3) is 0 Å². The van der Waals surface area contributed by atoms with Gasteiger partial charge in [0.1, 0.15) is 0 Å². The lowest BCUT2D eigenvalue weighted by Gasteiger charge is -2.10. The Balaban J connectivity index is 1.91. The van der Waals surface area contributed by atoms with Crippen molar-refractivity contribution in [2.24, 2.45) is 0 Å². The maximum Gasteiger partial charge on any atom is 0.244 e. The van der Waals surface area contributed by atoms with Gasteiger partial charge in [-0.2, -0.15) is 10.1 Å². The number of hydrogen-bond donors (Lipinski definition) is 2. The lowest BCUT2D eigenvalue weighted by molar-refractivity contribution is 0.849. The first kappa shape index (κ1) is 15.8. The van der Waals surface area contributed by atoms with Crippen LogP contribution in [0.5, 0.6) is 0 Å². The van der Waals surface area contributed by atoms with Crippen molar-refractivity contribution in [2.75, 3.05) is 17.2 Å². The SMILES string of the molecule is CC(C)Nc1nncc(NCCc2ccc(Cl)cc2Cl)n1. The highest BCUT2D eigenvalue weighted by atomic mass is 35.5. The van der Waals surface area contributed by atoms with E-state index in [0.717, 1.165) is 12.0 Å². The van der Waals surface area contributed by atoms with Gasteiger partial charge >= 0.3 is 0 Å². The number of benzene rings is 1. The Hall–Kier alpha value is -1.59. The smallest absolute Gasteiger partial charge is 0.244 e. The summed E-state index contributed by atoms with van der Waals surface area (Å²) in [7, 11) is 0. The van der Waals surface area contributed by atoms with Crippen LogP contribution in [0.3, 0.4) is 0 Å². The van der Waals surface area contributed by atoms with Crippen LogP contribution in [0, 0.1) is 0 Å². The van der Waals surface area contributed by atoms with Crippen LogP contribution >= 0.6 is 23.2 Å². The van der Waals surface area contributed by atoms with Crippen LogP contribution in [-0.2, 0) is 6.42 Å². The maximum atomic E-state index is 6.13. The van der Waals surface area contributed by atoms with Crippen LogP contribution in [0.25, 0.3) is 0 Å². The molecule has 0 saturated carbocycles. The van der Waals surface area contributed by atoms with E-state index in [9.17, 15) is 0 Å². The molecule has 0 bridgehead atoms. The van der Waals surface area contributed by atoms with E-state index in [4.69, 9.17) is 23.2 Å². The summed E-state index contributed by atoms with van der Waals surface area (Å²) in [5.41, 5.74) is 1.04. The average molecular weight is 326 g/mol. The Morgan fingerprint density at radius 3 is 2.76 bits per heavy atom. The molecule has 21 heavy (non-hydrogen) atoms. The molecule has 112 valence electrons. The van der Waals surface area contributed by atoms with Gasteiger partial charge in [-0.25, -0.2) is 0 Å². The first-order valence-corrected chi connectivity index (χ1v) is 7.44. The third-order valence-corrected chi connectivity index (χ3v) is 3.28. The molecule has 1 aromatic carbocycles. The number of rotatable bonds is 6. The number of aromatic nitrogens is 3. The lowest BCUT2D eigenvalue weighted by Crippen LogP contribution is -2.14. The largest absolute Gasteiger partial charge is 0.368 e. The minimum absolute atomic E-state index is 0.259. The van der Waals surface area contributed by atoms with E-state index in [1.54, 1.807) is 12.3 Å². The Morgan fingerprint density at radius 2 is 2.05 bits per heavy atom. The molecule has 7 heteroatoms. The van der Waals surface area contributed by atoms with E-state index in [1.807, 2.05) is 26.0 Å². The van der Waals surface area contributed by atoms with Gasteiger partial charge in [-0.15, -0.1) is 5.10 Å². The maximum absolute atomic E-state index is 6.13. The van der Waals surface area contributed by atoms with Crippen LogP contribution < -0.4 is 10.6 Å². The number of hydrogen-bond acceptors (Lipinski definition) is 5. The van der Waals surface area contributed by atoms with Crippen molar-refractivity contribution in [2.45, 2.75) is 26.3 Å². The van der Waals surface area contributed by atoms with E-state index in [-0.39, 0.29) is 6.04 Å². The highest BCUT2D eigenvalue weighted by molar-refractivity contribution is 6.35. The van der Waals surface area contributed by atoms with Gasteiger partial charge in [0.2, 0.25) is 5.95 Å². The summed E-state index contributed by atoms with van der Waals surface area (Å²) >= 11 is 12.0. The van der Waals surface area contributed by atoms with Crippen LogP contribution in [0.2, 0.25) is 10.0 Å². The van der Waals surface area contributed by atoms with E-state index in [0.29, 0.717) is 28.4 Å². The lowest BCUT2D eigenvalue weighted by atomic mass is 10.1. The zero-order valence-electron chi connectivity index (χ0n) is 11.9. The molecule has 0 unspecified atom stereocenters. The van der Waals surface area contributed by atoms with Gasteiger partial charge in [-0.1, -0.05) is 29.3 Å². The summed E-state index contributed by atoms with van der Waals surface area (Å²) in [6.07, 6.45) is 2.36. The van der Waals surface area contributed by atoms with E-state index in [1.165, 1.54) is 0 Å². The second-order valence-corrected chi connectivity index (χ2v) is 5.72. The summed E-state index contributed by atoms with van der Waals surface area (Å²) in [6, 6.07) is 5.76. The van der Waals surface area contributed by atoms with Crippen molar-refractivity contribution in [1.29, 1.82) is 0 Å². The Labute approximate surface area is 134 Å². The number of anilines is 2. The molecule has 2 N–H and O–H groups in total. The van der Waals surface area contributed by atoms with Crippen molar-refractivity contribution in [3.63, 3.8) is 0 Å². The molecule has 2 aromatic rings. The second-order valence-electron chi connectivity index (χ2n) is 4.88. The molecule has 0 spiro atoms. The van der Waals surface area contributed by atoms with Crippen molar-refractivity contribution < 1.29 is 0 Å².